The number of nitrogens with zero attached hydrogens (tertiary/aromatic N) is 2. The Hall–Kier alpha value is -1.84. The standard InChI is InChI=1S/C14H16FN3/c15-13-3-1-2-12(8-13)11-4-6-18(7-5-11)14-9-16-17-10-14/h1-3,8-11H,4-7H2,(H,16,17). The van der Waals surface area contributed by atoms with Crippen molar-refractivity contribution in [3.05, 3.63) is 48.0 Å². The van der Waals surface area contributed by atoms with E-state index in [4.69, 9.17) is 0 Å². The maximum absolute atomic E-state index is 13.2. The number of nitrogens with one attached hydrogen (secondary N) is 1. The van der Waals surface area contributed by atoms with Crippen molar-refractivity contribution >= 4 is 5.69 Å². The summed E-state index contributed by atoms with van der Waals surface area (Å²) in [6.45, 7) is 2.00. The number of rotatable bonds is 2. The summed E-state index contributed by atoms with van der Waals surface area (Å²) in [5, 5.41) is 6.81. The molecule has 0 atom stereocenters. The number of hydrogen-bond donors (Lipinski definition) is 1. The van der Waals surface area contributed by atoms with Crippen molar-refractivity contribution < 1.29 is 4.39 Å². The van der Waals surface area contributed by atoms with Gasteiger partial charge in [0, 0.05) is 19.3 Å². The molecule has 0 radical (unpaired) electrons. The third-order valence-corrected chi connectivity index (χ3v) is 3.66. The summed E-state index contributed by atoms with van der Waals surface area (Å²) in [6.07, 6.45) is 5.90. The topological polar surface area (TPSA) is 31.9 Å². The van der Waals surface area contributed by atoms with Gasteiger partial charge in [0.2, 0.25) is 0 Å². The number of piperidine rings is 1. The minimum atomic E-state index is -0.134. The SMILES string of the molecule is Fc1cccc(C2CCN(c3cn[nH]c3)CC2)c1. The summed E-state index contributed by atoms with van der Waals surface area (Å²) in [5.41, 5.74) is 2.27. The lowest BCUT2D eigenvalue weighted by Gasteiger charge is -2.32. The van der Waals surface area contributed by atoms with Crippen molar-refractivity contribution in [2.45, 2.75) is 18.8 Å². The maximum Gasteiger partial charge on any atom is 0.123 e. The molecule has 1 fully saturated rings. The number of anilines is 1. The van der Waals surface area contributed by atoms with Gasteiger partial charge in [-0.05, 0) is 36.5 Å². The number of benzene rings is 1. The predicted octanol–water partition coefficient (Wildman–Crippen LogP) is 2.93. The van der Waals surface area contributed by atoms with Gasteiger partial charge in [-0.2, -0.15) is 5.10 Å². The van der Waals surface area contributed by atoms with Gasteiger partial charge in [0.25, 0.3) is 0 Å². The molecule has 94 valence electrons. The van der Waals surface area contributed by atoms with Gasteiger partial charge in [0.05, 0.1) is 11.9 Å². The predicted molar refractivity (Wildman–Crippen MR) is 69.2 cm³/mol. The first-order valence-electron chi connectivity index (χ1n) is 6.32. The van der Waals surface area contributed by atoms with Gasteiger partial charge in [0.1, 0.15) is 5.82 Å². The molecule has 1 aliphatic rings. The van der Waals surface area contributed by atoms with Crippen molar-refractivity contribution in [3.63, 3.8) is 0 Å². The van der Waals surface area contributed by atoms with Gasteiger partial charge >= 0.3 is 0 Å². The van der Waals surface area contributed by atoms with Gasteiger partial charge < -0.3 is 4.90 Å². The van der Waals surface area contributed by atoms with Crippen LogP contribution in [-0.4, -0.2) is 23.3 Å². The van der Waals surface area contributed by atoms with E-state index in [1.54, 1.807) is 12.1 Å². The molecule has 1 aromatic heterocycles. The van der Waals surface area contributed by atoms with E-state index < -0.39 is 0 Å². The van der Waals surface area contributed by atoms with Crippen molar-refractivity contribution in [1.29, 1.82) is 0 Å². The summed E-state index contributed by atoms with van der Waals surface area (Å²) >= 11 is 0. The van der Waals surface area contributed by atoms with Crippen LogP contribution in [0.2, 0.25) is 0 Å². The van der Waals surface area contributed by atoms with Crippen molar-refractivity contribution in [1.82, 2.24) is 10.2 Å². The van der Waals surface area contributed by atoms with Crippen LogP contribution in [0.15, 0.2) is 36.7 Å². The molecule has 0 bridgehead atoms. The smallest absolute Gasteiger partial charge is 0.123 e. The molecule has 1 aliphatic heterocycles. The number of halogens is 1. The fourth-order valence-corrected chi connectivity index (χ4v) is 2.65. The highest BCUT2D eigenvalue weighted by atomic mass is 19.1. The molecule has 0 spiro atoms. The Morgan fingerprint density at radius 1 is 1.28 bits per heavy atom. The highest BCUT2D eigenvalue weighted by Gasteiger charge is 2.21. The Morgan fingerprint density at radius 2 is 2.11 bits per heavy atom. The van der Waals surface area contributed by atoms with Crippen LogP contribution in [-0.2, 0) is 0 Å². The van der Waals surface area contributed by atoms with Crippen LogP contribution in [0.5, 0.6) is 0 Å². The molecule has 0 unspecified atom stereocenters. The molecule has 3 nitrogen and oxygen atoms in total. The van der Waals surface area contributed by atoms with Crippen LogP contribution in [0.1, 0.15) is 24.3 Å². The number of aromatic amines is 1. The van der Waals surface area contributed by atoms with Gasteiger partial charge in [-0.3, -0.25) is 5.10 Å². The van der Waals surface area contributed by atoms with Crippen LogP contribution < -0.4 is 4.90 Å². The average Bonchev–Trinajstić information content (AvgIpc) is 2.93. The lowest BCUT2D eigenvalue weighted by Crippen LogP contribution is -2.32. The van der Waals surface area contributed by atoms with Crippen LogP contribution in [0.3, 0.4) is 0 Å². The van der Waals surface area contributed by atoms with E-state index >= 15 is 0 Å². The minimum absolute atomic E-state index is 0.134. The van der Waals surface area contributed by atoms with E-state index in [0.29, 0.717) is 5.92 Å². The van der Waals surface area contributed by atoms with E-state index in [0.717, 1.165) is 37.2 Å². The molecule has 0 aliphatic carbocycles. The molecule has 4 heteroatoms. The van der Waals surface area contributed by atoms with E-state index in [2.05, 4.69) is 15.1 Å². The first-order chi connectivity index (χ1) is 8.83. The summed E-state index contributed by atoms with van der Waals surface area (Å²) in [6, 6.07) is 7.00. The summed E-state index contributed by atoms with van der Waals surface area (Å²) in [5.74, 6) is 0.341. The molecule has 1 saturated heterocycles. The molecule has 0 amide bonds. The van der Waals surface area contributed by atoms with Gasteiger partial charge in [-0.1, -0.05) is 12.1 Å². The highest BCUT2D eigenvalue weighted by molar-refractivity contribution is 5.42. The fourth-order valence-electron chi connectivity index (χ4n) is 2.65. The average molecular weight is 245 g/mol. The summed E-state index contributed by atoms with van der Waals surface area (Å²) in [7, 11) is 0. The van der Waals surface area contributed by atoms with E-state index in [1.165, 1.54) is 6.07 Å². The molecule has 3 rings (SSSR count). The Kier molecular flexibility index (Phi) is 3.00. The maximum atomic E-state index is 13.2. The number of H-pyrrole nitrogens is 1. The first kappa shape index (κ1) is 11.3. The zero-order valence-corrected chi connectivity index (χ0v) is 10.1. The molecule has 1 aromatic carbocycles. The van der Waals surface area contributed by atoms with Gasteiger partial charge in [-0.25, -0.2) is 4.39 Å². The van der Waals surface area contributed by atoms with Gasteiger partial charge in [0.15, 0.2) is 0 Å². The van der Waals surface area contributed by atoms with Crippen LogP contribution >= 0.6 is 0 Å². The first-order valence-corrected chi connectivity index (χ1v) is 6.32. The molecule has 2 aromatic rings. The number of aromatic nitrogens is 2. The summed E-state index contributed by atoms with van der Waals surface area (Å²) < 4.78 is 13.2. The Balaban J connectivity index is 1.67. The van der Waals surface area contributed by atoms with Crippen LogP contribution in [0.4, 0.5) is 10.1 Å². The fraction of sp³-hybridized carbons (Fsp3) is 0.357. The number of hydrogen-bond acceptors (Lipinski definition) is 2. The van der Waals surface area contributed by atoms with Crippen LogP contribution in [0.25, 0.3) is 0 Å². The Morgan fingerprint density at radius 3 is 2.78 bits per heavy atom. The Labute approximate surface area is 106 Å². The van der Waals surface area contributed by atoms with E-state index in [-0.39, 0.29) is 5.82 Å². The quantitative estimate of drug-likeness (QED) is 0.882. The third-order valence-electron chi connectivity index (χ3n) is 3.66. The van der Waals surface area contributed by atoms with Crippen molar-refractivity contribution in [2.75, 3.05) is 18.0 Å². The van der Waals surface area contributed by atoms with Crippen molar-refractivity contribution in [2.24, 2.45) is 0 Å². The molecular weight excluding hydrogens is 229 g/mol. The molecule has 18 heavy (non-hydrogen) atoms. The third kappa shape index (κ3) is 2.23. The lowest BCUT2D eigenvalue weighted by atomic mass is 9.89. The van der Waals surface area contributed by atoms with E-state index in [9.17, 15) is 4.39 Å². The van der Waals surface area contributed by atoms with Crippen molar-refractivity contribution in [3.8, 4) is 0 Å². The molecule has 2 heterocycles. The summed E-state index contributed by atoms with van der Waals surface area (Å²) in [4.78, 5) is 2.32. The van der Waals surface area contributed by atoms with E-state index in [1.807, 2.05) is 18.5 Å². The minimum Gasteiger partial charge on any atom is -0.369 e. The zero-order chi connectivity index (χ0) is 12.4. The molecular formula is C14H16FN3. The normalized spacial score (nSPS) is 17.1. The second kappa shape index (κ2) is 4.80. The second-order valence-electron chi connectivity index (χ2n) is 4.77. The monoisotopic (exact) mass is 245 g/mol. The second-order valence-corrected chi connectivity index (χ2v) is 4.77. The largest absolute Gasteiger partial charge is 0.369 e. The van der Waals surface area contributed by atoms with Gasteiger partial charge in [-0.15, -0.1) is 0 Å². The van der Waals surface area contributed by atoms with Crippen LogP contribution in [0, 0.1) is 5.82 Å². The highest BCUT2D eigenvalue weighted by Crippen LogP contribution is 2.30. The molecule has 0 saturated carbocycles. The zero-order valence-electron chi connectivity index (χ0n) is 10.1. The molecule has 1 N–H and O–H groups in total. The Bertz CT molecular complexity index is 502. The lowest BCUT2D eigenvalue weighted by molar-refractivity contribution is 0.502.